The second kappa shape index (κ2) is 4.93. The van der Waals surface area contributed by atoms with E-state index in [1.807, 2.05) is 0 Å². The zero-order chi connectivity index (χ0) is 11.6. The Hall–Kier alpha value is 0.0649. The van der Waals surface area contributed by atoms with Crippen molar-refractivity contribution in [2.45, 2.75) is 24.7 Å². The molecule has 1 fully saturated rings. The van der Waals surface area contributed by atoms with Crippen LogP contribution in [0.5, 0.6) is 0 Å². The van der Waals surface area contributed by atoms with Crippen LogP contribution in [-0.4, -0.2) is 43.7 Å². The topological polar surface area (TPSA) is 81.8 Å². The molecule has 5 nitrogen and oxygen atoms in total. The van der Waals surface area contributed by atoms with E-state index < -0.39 is 31.9 Å². The molecule has 0 saturated carbocycles. The summed E-state index contributed by atoms with van der Waals surface area (Å²) in [7, 11) is -1.42. The van der Waals surface area contributed by atoms with Gasteiger partial charge in [-0.3, -0.25) is 4.57 Å². The maximum absolute atomic E-state index is 13.5. The van der Waals surface area contributed by atoms with E-state index in [0.29, 0.717) is 0 Å². The van der Waals surface area contributed by atoms with Crippen LogP contribution < -0.4 is 5.73 Å². The highest BCUT2D eigenvalue weighted by Gasteiger charge is 2.51. The van der Waals surface area contributed by atoms with E-state index >= 15 is 0 Å². The summed E-state index contributed by atoms with van der Waals surface area (Å²) in [6, 6.07) is -0.562. The Labute approximate surface area is 89.5 Å². The summed E-state index contributed by atoms with van der Waals surface area (Å²) >= 11 is 0. The van der Waals surface area contributed by atoms with Gasteiger partial charge in [-0.05, 0) is 0 Å². The second-order valence-corrected chi connectivity index (χ2v) is 4.70. The number of rotatable bonds is 4. The zero-order valence-corrected chi connectivity index (χ0v) is 9.77. The van der Waals surface area contributed by atoms with E-state index in [1.54, 1.807) is 14.8 Å². The molecule has 0 aromatic rings. The summed E-state index contributed by atoms with van der Waals surface area (Å²) in [6.45, 7) is 1.58. The molecule has 0 aliphatic carbocycles. The minimum absolute atomic E-state index is 0.0636. The van der Waals surface area contributed by atoms with Crippen LogP contribution in [0, 0.1) is 5.92 Å². The number of alkyl halides is 1. The number of hydrogen-bond acceptors (Lipinski definition) is 4. The first-order valence-corrected chi connectivity index (χ1v) is 6.07. The average molecular weight is 239 g/mol. The Morgan fingerprint density at radius 1 is 1.80 bits per heavy atom. The predicted molar refractivity (Wildman–Crippen MR) is 56.4 cm³/mol. The fourth-order valence-corrected chi connectivity index (χ4v) is 2.25. The molecule has 3 N–H and O–H groups in total. The lowest BCUT2D eigenvalue weighted by Crippen LogP contribution is -2.47. The molecule has 0 radical (unpaired) electrons. The van der Waals surface area contributed by atoms with Crippen LogP contribution in [0.15, 0.2) is 0 Å². The van der Waals surface area contributed by atoms with Gasteiger partial charge in [0.1, 0.15) is 19.6 Å². The van der Waals surface area contributed by atoms with Crippen LogP contribution in [0.25, 0.3) is 0 Å². The highest BCUT2D eigenvalue weighted by Crippen LogP contribution is 2.38. The van der Waals surface area contributed by atoms with Crippen molar-refractivity contribution in [3.63, 3.8) is 0 Å². The minimum atomic E-state index is -3.04. The van der Waals surface area contributed by atoms with E-state index in [1.165, 1.54) is 0 Å². The molecule has 88 valence electrons. The first kappa shape index (κ1) is 13.1. The summed E-state index contributed by atoms with van der Waals surface area (Å²) in [4.78, 5) is 8.57. The summed E-state index contributed by atoms with van der Waals surface area (Å²) in [5.74, 6) is -0.446. The van der Waals surface area contributed by atoms with Crippen LogP contribution in [0.2, 0.25) is 0 Å². The Balaban J connectivity index is 2.72. The molecule has 8 heteroatoms. The molecule has 0 aromatic carbocycles. The molecule has 0 spiro atoms. The van der Waals surface area contributed by atoms with Gasteiger partial charge in [-0.1, -0.05) is 6.92 Å². The van der Waals surface area contributed by atoms with Gasteiger partial charge < -0.3 is 19.9 Å². The van der Waals surface area contributed by atoms with Crippen LogP contribution in [0.4, 0.5) is 4.39 Å². The van der Waals surface area contributed by atoms with Gasteiger partial charge in [0.05, 0.1) is 12.6 Å². The molecule has 1 aliphatic rings. The van der Waals surface area contributed by atoms with E-state index in [2.05, 4.69) is 4.52 Å². The third-order valence-electron chi connectivity index (χ3n) is 2.96. The molecular formula is C7H16BFNO4P. The molecule has 2 unspecified atom stereocenters. The molecule has 0 amide bonds. The van der Waals surface area contributed by atoms with Crippen molar-refractivity contribution in [3.05, 3.63) is 0 Å². The SMILES string of the molecule is B[C@@H]1O[C@](CN)(CO[PH](=O)O)C(C)[C@@H]1F. The second-order valence-electron chi connectivity index (χ2n) is 3.88. The van der Waals surface area contributed by atoms with Crippen molar-refractivity contribution in [3.8, 4) is 0 Å². The van der Waals surface area contributed by atoms with Crippen LogP contribution in [0.3, 0.4) is 0 Å². The lowest BCUT2D eigenvalue weighted by Gasteiger charge is -2.30. The van der Waals surface area contributed by atoms with Gasteiger partial charge in [0.2, 0.25) is 0 Å². The van der Waals surface area contributed by atoms with Crippen molar-refractivity contribution in [2.75, 3.05) is 13.2 Å². The van der Waals surface area contributed by atoms with Crippen LogP contribution >= 0.6 is 8.25 Å². The van der Waals surface area contributed by atoms with Gasteiger partial charge >= 0.3 is 8.25 Å². The smallest absolute Gasteiger partial charge is 0.316 e. The fraction of sp³-hybridized carbons (Fsp3) is 1.00. The van der Waals surface area contributed by atoms with E-state index in [0.717, 1.165) is 0 Å². The van der Waals surface area contributed by atoms with Crippen molar-refractivity contribution in [1.29, 1.82) is 0 Å². The summed E-state index contributed by atoms with van der Waals surface area (Å²) < 4.78 is 34.0. The van der Waals surface area contributed by atoms with Gasteiger partial charge in [0, 0.05) is 12.5 Å². The third-order valence-corrected chi connectivity index (χ3v) is 3.35. The van der Waals surface area contributed by atoms with E-state index in [4.69, 9.17) is 15.4 Å². The fourth-order valence-electron chi connectivity index (χ4n) is 1.88. The third kappa shape index (κ3) is 2.60. The maximum atomic E-state index is 13.5. The molecule has 5 atom stereocenters. The van der Waals surface area contributed by atoms with Gasteiger partial charge in [0.25, 0.3) is 0 Å². The van der Waals surface area contributed by atoms with Gasteiger partial charge in [0.15, 0.2) is 0 Å². The average Bonchev–Trinajstić information content (AvgIpc) is 2.41. The molecule has 1 saturated heterocycles. The molecule has 0 bridgehead atoms. The first-order valence-electron chi connectivity index (χ1n) is 4.80. The Morgan fingerprint density at radius 2 is 2.40 bits per heavy atom. The molecule has 15 heavy (non-hydrogen) atoms. The van der Waals surface area contributed by atoms with Crippen molar-refractivity contribution >= 4 is 16.1 Å². The molecule has 0 aromatic heterocycles. The molecule has 1 rings (SSSR count). The number of halogens is 1. The minimum Gasteiger partial charge on any atom is -0.374 e. The Bertz CT molecular complexity index is 259. The van der Waals surface area contributed by atoms with Crippen molar-refractivity contribution in [2.24, 2.45) is 11.7 Å². The summed E-state index contributed by atoms with van der Waals surface area (Å²) in [5.41, 5.74) is 4.54. The highest BCUT2D eigenvalue weighted by atomic mass is 31.1. The predicted octanol–water partition coefficient (Wildman–Crippen LogP) is -0.954. The molecular weight excluding hydrogens is 223 g/mol. The van der Waals surface area contributed by atoms with Crippen LogP contribution in [0.1, 0.15) is 6.92 Å². The summed E-state index contributed by atoms with van der Waals surface area (Å²) in [6.07, 6.45) is -1.13. The van der Waals surface area contributed by atoms with Crippen molar-refractivity contribution in [1.82, 2.24) is 0 Å². The summed E-state index contributed by atoms with van der Waals surface area (Å²) in [5, 5.41) is 0. The van der Waals surface area contributed by atoms with Gasteiger partial charge in [-0.15, -0.1) is 0 Å². The van der Waals surface area contributed by atoms with Crippen molar-refractivity contribution < 1.29 is 23.1 Å². The Kier molecular flexibility index (Phi) is 4.32. The largest absolute Gasteiger partial charge is 0.374 e. The quantitative estimate of drug-likeness (QED) is 0.488. The van der Waals surface area contributed by atoms with Crippen LogP contribution in [-0.2, 0) is 13.8 Å². The van der Waals surface area contributed by atoms with E-state index in [9.17, 15) is 8.96 Å². The monoisotopic (exact) mass is 239 g/mol. The lowest BCUT2D eigenvalue weighted by atomic mass is 9.84. The standard InChI is InChI=1S/C7H16BFNO4P/c1-4-5(9)6(8)14-7(4,2-10)3-13-15(11)12/h4-6,15H,2-3,8,10H2,1H3,(H,11,12)/t4?,5-,6+,7+/m0/s1. The zero-order valence-electron chi connectivity index (χ0n) is 8.77. The van der Waals surface area contributed by atoms with Gasteiger partial charge in [-0.25, -0.2) is 4.39 Å². The maximum Gasteiger partial charge on any atom is 0.316 e. The first-order chi connectivity index (χ1) is 6.93. The number of ether oxygens (including phenoxy) is 1. The molecule has 1 aliphatic heterocycles. The highest BCUT2D eigenvalue weighted by molar-refractivity contribution is 7.32. The van der Waals surface area contributed by atoms with E-state index in [-0.39, 0.29) is 13.2 Å². The lowest BCUT2D eigenvalue weighted by molar-refractivity contribution is -0.0549. The normalized spacial score (nSPS) is 43.1. The molecule has 1 heterocycles. The number of hydrogen-bond donors (Lipinski definition) is 2. The Morgan fingerprint density at radius 3 is 2.73 bits per heavy atom. The number of nitrogens with two attached hydrogens (primary N) is 1. The van der Waals surface area contributed by atoms with Gasteiger partial charge in [-0.2, -0.15) is 0 Å².